The Balaban J connectivity index is 2.89. The van der Waals surface area contributed by atoms with Crippen LogP contribution in [-0.4, -0.2) is 19.2 Å². The van der Waals surface area contributed by atoms with Gasteiger partial charge in [0.15, 0.2) is 0 Å². The Hall–Kier alpha value is -0.860. The zero-order chi connectivity index (χ0) is 12.7. The third kappa shape index (κ3) is 4.14. The van der Waals surface area contributed by atoms with Crippen molar-refractivity contribution in [3.8, 4) is 0 Å². The highest BCUT2D eigenvalue weighted by atomic mass is 16.5. The number of ether oxygens (including phenoxy) is 1. The molecule has 2 nitrogen and oxygen atoms in total. The molecule has 0 saturated carbocycles. The summed E-state index contributed by atoms with van der Waals surface area (Å²) in [5, 5.41) is 3.54. The molecule has 0 aliphatic heterocycles. The fourth-order valence-corrected chi connectivity index (χ4v) is 2.16. The molecule has 1 aromatic carbocycles. The number of likely N-dealkylation sites (N-methyl/N-ethyl adjacent to an activating group) is 1. The number of rotatable bonds is 7. The summed E-state index contributed by atoms with van der Waals surface area (Å²) in [7, 11) is 0. The summed E-state index contributed by atoms with van der Waals surface area (Å²) in [4.78, 5) is 0. The number of benzene rings is 1. The van der Waals surface area contributed by atoms with E-state index in [0.717, 1.165) is 13.2 Å². The zero-order valence-corrected chi connectivity index (χ0v) is 11.4. The second-order valence-corrected chi connectivity index (χ2v) is 4.61. The molecule has 17 heavy (non-hydrogen) atoms. The van der Waals surface area contributed by atoms with E-state index in [4.69, 9.17) is 4.74 Å². The second kappa shape index (κ2) is 7.46. The van der Waals surface area contributed by atoms with E-state index in [1.54, 1.807) is 0 Å². The lowest BCUT2D eigenvalue weighted by molar-refractivity contribution is 0.0209. The molecule has 0 aromatic heterocycles. The molecule has 2 heteroatoms. The van der Waals surface area contributed by atoms with Crippen molar-refractivity contribution in [2.24, 2.45) is 5.92 Å². The van der Waals surface area contributed by atoms with Crippen LogP contribution in [0.15, 0.2) is 30.3 Å². The molecule has 0 bridgehead atoms. The Morgan fingerprint density at radius 1 is 1.12 bits per heavy atom. The van der Waals surface area contributed by atoms with Gasteiger partial charge in [-0.2, -0.15) is 0 Å². The fraction of sp³-hybridized carbons (Fsp3) is 0.600. The van der Waals surface area contributed by atoms with Crippen LogP contribution in [0.4, 0.5) is 0 Å². The van der Waals surface area contributed by atoms with E-state index in [2.05, 4.69) is 57.3 Å². The van der Waals surface area contributed by atoms with Crippen LogP contribution in [0.1, 0.15) is 39.4 Å². The lowest BCUT2D eigenvalue weighted by Gasteiger charge is -2.31. The minimum Gasteiger partial charge on any atom is -0.372 e. The first-order chi connectivity index (χ1) is 8.20. The Labute approximate surface area is 105 Å². The minimum atomic E-state index is 0.140. The van der Waals surface area contributed by atoms with Crippen LogP contribution in [-0.2, 0) is 4.74 Å². The van der Waals surface area contributed by atoms with E-state index < -0.39 is 0 Å². The van der Waals surface area contributed by atoms with E-state index >= 15 is 0 Å². The lowest BCUT2D eigenvalue weighted by atomic mass is 9.93. The van der Waals surface area contributed by atoms with Crippen molar-refractivity contribution in [2.75, 3.05) is 13.2 Å². The molecule has 0 heterocycles. The summed E-state index contributed by atoms with van der Waals surface area (Å²) in [5.41, 5.74) is 1.26. The topological polar surface area (TPSA) is 21.3 Å². The predicted octanol–water partition coefficient (Wildman–Crippen LogP) is 3.40. The van der Waals surface area contributed by atoms with E-state index in [0.29, 0.717) is 12.0 Å². The van der Waals surface area contributed by atoms with Crippen molar-refractivity contribution >= 4 is 0 Å². The third-order valence-corrected chi connectivity index (χ3v) is 2.96. The lowest BCUT2D eigenvalue weighted by Crippen LogP contribution is -2.40. The molecule has 2 unspecified atom stereocenters. The molecule has 0 saturated heterocycles. The standard InChI is InChI=1S/C15H25NO/c1-5-16-14(12(3)4)15(17-6-2)13-10-8-7-9-11-13/h7-12,14-16H,5-6H2,1-4H3. The first-order valence-corrected chi connectivity index (χ1v) is 6.60. The van der Waals surface area contributed by atoms with Crippen molar-refractivity contribution in [2.45, 2.75) is 39.8 Å². The number of hydrogen-bond donors (Lipinski definition) is 1. The SMILES string of the molecule is CCNC(C(C)C)C(OCC)c1ccccc1. The fourth-order valence-electron chi connectivity index (χ4n) is 2.16. The van der Waals surface area contributed by atoms with Crippen LogP contribution < -0.4 is 5.32 Å². The highest BCUT2D eigenvalue weighted by Crippen LogP contribution is 2.25. The van der Waals surface area contributed by atoms with Crippen LogP contribution in [0.25, 0.3) is 0 Å². The summed E-state index contributed by atoms with van der Waals surface area (Å²) < 4.78 is 5.94. The summed E-state index contributed by atoms with van der Waals surface area (Å²) >= 11 is 0. The minimum absolute atomic E-state index is 0.140. The Kier molecular flexibility index (Phi) is 6.23. The molecule has 0 spiro atoms. The highest BCUT2D eigenvalue weighted by Gasteiger charge is 2.25. The van der Waals surface area contributed by atoms with E-state index in [9.17, 15) is 0 Å². The summed E-state index contributed by atoms with van der Waals surface area (Å²) in [6.07, 6.45) is 0.140. The quantitative estimate of drug-likeness (QED) is 0.782. The molecule has 0 amide bonds. The average molecular weight is 235 g/mol. The number of nitrogens with one attached hydrogen (secondary N) is 1. The van der Waals surface area contributed by atoms with Gasteiger partial charge >= 0.3 is 0 Å². The van der Waals surface area contributed by atoms with Gasteiger partial charge in [-0.15, -0.1) is 0 Å². The van der Waals surface area contributed by atoms with Gasteiger partial charge < -0.3 is 10.1 Å². The molecule has 2 atom stereocenters. The van der Waals surface area contributed by atoms with Crippen LogP contribution in [0, 0.1) is 5.92 Å². The molecule has 0 aliphatic rings. The summed E-state index contributed by atoms with van der Waals surface area (Å²) in [6, 6.07) is 10.8. The molecular formula is C15H25NO. The van der Waals surface area contributed by atoms with Gasteiger partial charge in [-0.1, -0.05) is 51.1 Å². The second-order valence-electron chi connectivity index (χ2n) is 4.61. The van der Waals surface area contributed by atoms with Gasteiger partial charge in [0.25, 0.3) is 0 Å². The number of hydrogen-bond acceptors (Lipinski definition) is 2. The van der Waals surface area contributed by atoms with Gasteiger partial charge in [-0.05, 0) is 24.9 Å². The maximum atomic E-state index is 5.94. The van der Waals surface area contributed by atoms with Gasteiger partial charge in [0, 0.05) is 12.6 Å². The van der Waals surface area contributed by atoms with Crippen molar-refractivity contribution < 1.29 is 4.74 Å². The molecule has 1 N–H and O–H groups in total. The van der Waals surface area contributed by atoms with Crippen LogP contribution in [0.5, 0.6) is 0 Å². The van der Waals surface area contributed by atoms with Crippen molar-refractivity contribution in [3.05, 3.63) is 35.9 Å². The van der Waals surface area contributed by atoms with Crippen molar-refractivity contribution in [3.63, 3.8) is 0 Å². The van der Waals surface area contributed by atoms with E-state index in [-0.39, 0.29) is 6.10 Å². The van der Waals surface area contributed by atoms with Crippen LogP contribution in [0.3, 0.4) is 0 Å². The molecule has 96 valence electrons. The van der Waals surface area contributed by atoms with E-state index in [1.165, 1.54) is 5.56 Å². The predicted molar refractivity (Wildman–Crippen MR) is 73.1 cm³/mol. The monoisotopic (exact) mass is 235 g/mol. The molecule has 0 aliphatic carbocycles. The van der Waals surface area contributed by atoms with E-state index in [1.807, 2.05) is 6.07 Å². The smallest absolute Gasteiger partial charge is 0.0980 e. The van der Waals surface area contributed by atoms with Gasteiger partial charge in [0.2, 0.25) is 0 Å². The normalized spacial score (nSPS) is 14.9. The Morgan fingerprint density at radius 3 is 2.24 bits per heavy atom. The van der Waals surface area contributed by atoms with Gasteiger partial charge in [-0.3, -0.25) is 0 Å². The molecule has 0 radical (unpaired) electrons. The Morgan fingerprint density at radius 2 is 1.76 bits per heavy atom. The third-order valence-electron chi connectivity index (χ3n) is 2.96. The Bertz CT molecular complexity index is 297. The maximum absolute atomic E-state index is 5.94. The highest BCUT2D eigenvalue weighted by molar-refractivity contribution is 5.19. The van der Waals surface area contributed by atoms with Crippen LogP contribution >= 0.6 is 0 Å². The van der Waals surface area contributed by atoms with Gasteiger partial charge in [0.05, 0.1) is 6.10 Å². The van der Waals surface area contributed by atoms with Crippen LogP contribution in [0.2, 0.25) is 0 Å². The molecule has 1 rings (SSSR count). The first kappa shape index (κ1) is 14.2. The summed E-state index contributed by atoms with van der Waals surface area (Å²) in [6.45, 7) is 10.4. The summed E-state index contributed by atoms with van der Waals surface area (Å²) in [5.74, 6) is 0.548. The first-order valence-electron chi connectivity index (χ1n) is 6.60. The van der Waals surface area contributed by atoms with Crippen molar-refractivity contribution in [1.29, 1.82) is 0 Å². The largest absolute Gasteiger partial charge is 0.372 e. The van der Waals surface area contributed by atoms with Gasteiger partial charge in [-0.25, -0.2) is 0 Å². The maximum Gasteiger partial charge on any atom is 0.0980 e. The molecular weight excluding hydrogens is 210 g/mol. The zero-order valence-electron chi connectivity index (χ0n) is 11.4. The van der Waals surface area contributed by atoms with Crippen molar-refractivity contribution in [1.82, 2.24) is 5.32 Å². The average Bonchev–Trinajstić information content (AvgIpc) is 2.34. The molecule has 1 aromatic rings. The van der Waals surface area contributed by atoms with Gasteiger partial charge in [0.1, 0.15) is 0 Å². The molecule has 0 fully saturated rings.